The SMILES string of the molecule is CC(C)C(C)c1oncc1C(C)(C)C. The smallest absolute Gasteiger partial charge is 0.143 e. The first kappa shape index (κ1) is 11.3. The van der Waals surface area contributed by atoms with Crippen LogP contribution in [0.2, 0.25) is 0 Å². The maximum absolute atomic E-state index is 5.36. The van der Waals surface area contributed by atoms with Crippen LogP contribution in [0.1, 0.15) is 58.8 Å². The van der Waals surface area contributed by atoms with Crippen molar-refractivity contribution in [2.24, 2.45) is 5.92 Å². The lowest BCUT2D eigenvalue weighted by molar-refractivity contribution is 0.333. The molecule has 1 aromatic rings. The average molecular weight is 195 g/mol. The molecule has 1 rings (SSSR count). The van der Waals surface area contributed by atoms with E-state index in [1.807, 2.05) is 6.20 Å². The first-order valence-corrected chi connectivity index (χ1v) is 5.29. The average Bonchev–Trinajstić information content (AvgIpc) is 2.48. The highest BCUT2D eigenvalue weighted by molar-refractivity contribution is 5.25. The van der Waals surface area contributed by atoms with Crippen LogP contribution >= 0.6 is 0 Å². The summed E-state index contributed by atoms with van der Waals surface area (Å²) in [6.45, 7) is 13.2. The van der Waals surface area contributed by atoms with E-state index in [2.05, 4.69) is 46.7 Å². The molecule has 0 aliphatic carbocycles. The third-order valence-electron chi connectivity index (χ3n) is 2.82. The highest BCUT2D eigenvalue weighted by atomic mass is 16.5. The molecule has 0 saturated carbocycles. The quantitative estimate of drug-likeness (QED) is 0.718. The molecule has 0 radical (unpaired) electrons. The number of hydrogen-bond donors (Lipinski definition) is 0. The van der Waals surface area contributed by atoms with Crippen molar-refractivity contribution in [1.29, 1.82) is 0 Å². The molecule has 0 bridgehead atoms. The van der Waals surface area contributed by atoms with E-state index in [0.717, 1.165) is 5.76 Å². The van der Waals surface area contributed by atoms with Gasteiger partial charge in [0.2, 0.25) is 0 Å². The zero-order valence-electron chi connectivity index (χ0n) is 10.1. The Hall–Kier alpha value is -0.790. The molecule has 1 aromatic heterocycles. The van der Waals surface area contributed by atoms with Gasteiger partial charge in [-0.15, -0.1) is 0 Å². The fourth-order valence-electron chi connectivity index (χ4n) is 1.44. The van der Waals surface area contributed by atoms with Gasteiger partial charge < -0.3 is 4.52 Å². The second kappa shape index (κ2) is 3.76. The van der Waals surface area contributed by atoms with Gasteiger partial charge in [-0.2, -0.15) is 0 Å². The van der Waals surface area contributed by atoms with E-state index in [1.165, 1.54) is 5.56 Å². The number of rotatable bonds is 2. The monoisotopic (exact) mass is 195 g/mol. The Balaban J connectivity index is 3.05. The summed E-state index contributed by atoms with van der Waals surface area (Å²) in [5.74, 6) is 2.07. The zero-order chi connectivity index (χ0) is 10.9. The third-order valence-corrected chi connectivity index (χ3v) is 2.82. The number of aromatic nitrogens is 1. The van der Waals surface area contributed by atoms with Gasteiger partial charge in [0, 0.05) is 11.5 Å². The van der Waals surface area contributed by atoms with E-state index in [9.17, 15) is 0 Å². The van der Waals surface area contributed by atoms with E-state index < -0.39 is 0 Å². The van der Waals surface area contributed by atoms with Crippen molar-refractivity contribution in [3.8, 4) is 0 Å². The Kier molecular flexibility index (Phi) is 3.03. The minimum Gasteiger partial charge on any atom is -0.361 e. The Morgan fingerprint density at radius 2 is 1.79 bits per heavy atom. The first-order chi connectivity index (χ1) is 6.34. The van der Waals surface area contributed by atoms with E-state index in [1.54, 1.807) is 0 Å². The van der Waals surface area contributed by atoms with Crippen molar-refractivity contribution in [3.05, 3.63) is 17.5 Å². The molecule has 0 saturated heterocycles. The second-order valence-electron chi connectivity index (χ2n) is 5.39. The van der Waals surface area contributed by atoms with E-state index in [-0.39, 0.29) is 5.41 Å². The van der Waals surface area contributed by atoms with Crippen molar-refractivity contribution in [1.82, 2.24) is 5.16 Å². The molecule has 2 heteroatoms. The lowest BCUT2D eigenvalue weighted by Gasteiger charge is -2.21. The molecule has 0 fully saturated rings. The molecular weight excluding hydrogens is 174 g/mol. The summed E-state index contributed by atoms with van der Waals surface area (Å²) in [7, 11) is 0. The Morgan fingerprint density at radius 3 is 2.21 bits per heavy atom. The van der Waals surface area contributed by atoms with Crippen LogP contribution in [0.15, 0.2) is 10.7 Å². The first-order valence-electron chi connectivity index (χ1n) is 5.29. The zero-order valence-corrected chi connectivity index (χ0v) is 10.1. The molecule has 0 spiro atoms. The fraction of sp³-hybridized carbons (Fsp3) is 0.750. The predicted octanol–water partition coefficient (Wildman–Crippen LogP) is 3.73. The van der Waals surface area contributed by atoms with E-state index >= 15 is 0 Å². The van der Waals surface area contributed by atoms with Crippen molar-refractivity contribution in [2.45, 2.75) is 52.9 Å². The maximum Gasteiger partial charge on any atom is 0.143 e. The van der Waals surface area contributed by atoms with Crippen LogP contribution in [0.25, 0.3) is 0 Å². The molecule has 80 valence electrons. The van der Waals surface area contributed by atoms with Crippen molar-refractivity contribution >= 4 is 0 Å². The van der Waals surface area contributed by atoms with Gasteiger partial charge in [-0.05, 0) is 11.3 Å². The van der Waals surface area contributed by atoms with Crippen molar-refractivity contribution < 1.29 is 4.52 Å². The van der Waals surface area contributed by atoms with Crippen LogP contribution < -0.4 is 0 Å². The molecule has 0 N–H and O–H groups in total. The lowest BCUT2D eigenvalue weighted by atomic mass is 9.82. The Labute approximate surface area is 86.7 Å². The van der Waals surface area contributed by atoms with Crippen LogP contribution in [0.3, 0.4) is 0 Å². The highest BCUT2D eigenvalue weighted by Gasteiger charge is 2.26. The molecule has 14 heavy (non-hydrogen) atoms. The van der Waals surface area contributed by atoms with E-state index in [0.29, 0.717) is 11.8 Å². The summed E-state index contributed by atoms with van der Waals surface area (Å²) in [5, 5.41) is 3.92. The van der Waals surface area contributed by atoms with Gasteiger partial charge in [-0.3, -0.25) is 0 Å². The van der Waals surface area contributed by atoms with Gasteiger partial charge in [-0.25, -0.2) is 0 Å². The second-order valence-corrected chi connectivity index (χ2v) is 5.39. The Bertz CT molecular complexity index is 294. The number of nitrogens with zero attached hydrogens (tertiary/aromatic N) is 1. The minimum absolute atomic E-state index is 0.123. The number of hydrogen-bond acceptors (Lipinski definition) is 2. The van der Waals surface area contributed by atoms with E-state index in [4.69, 9.17) is 4.52 Å². The van der Waals surface area contributed by atoms with Gasteiger partial charge in [0.1, 0.15) is 5.76 Å². The summed E-state index contributed by atoms with van der Waals surface area (Å²) in [6, 6.07) is 0. The Morgan fingerprint density at radius 1 is 1.21 bits per heavy atom. The minimum atomic E-state index is 0.123. The summed E-state index contributed by atoms with van der Waals surface area (Å²) in [5.41, 5.74) is 1.36. The van der Waals surface area contributed by atoms with Gasteiger partial charge in [0.05, 0.1) is 6.20 Å². The van der Waals surface area contributed by atoms with Gasteiger partial charge in [0.15, 0.2) is 0 Å². The van der Waals surface area contributed by atoms with Crippen molar-refractivity contribution in [2.75, 3.05) is 0 Å². The molecular formula is C12H21NO. The largest absolute Gasteiger partial charge is 0.361 e. The fourth-order valence-corrected chi connectivity index (χ4v) is 1.44. The molecule has 1 heterocycles. The molecule has 1 atom stereocenters. The van der Waals surface area contributed by atoms with Crippen LogP contribution in [-0.4, -0.2) is 5.16 Å². The van der Waals surface area contributed by atoms with Gasteiger partial charge in [-0.1, -0.05) is 46.7 Å². The van der Waals surface area contributed by atoms with Gasteiger partial charge in [0.25, 0.3) is 0 Å². The van der Waals surface area contributed by atoms with Crippen LogP contribution in [0.4, 0.5) is 0 Å². The molecule has 0 amide bonds. The van der Waals surface area contributed by atoms with Gasteiger partial charge >= 0.3 is 0 Å². The molecule has 2 nitrogen and oxygen atoms in total. The third kappa shape index (κ3) is 2.17. The topological polar surface area (TPSA) is 26.0 Å². The predicted molar refractivity (Wildman–Crippen MR) is 58.5 cm³/mol. The molecule has 0 aliphatic rings. The highest BCUT2D eigenvalue weighted by Crippen LogP contribution is 2.33. The normalized spacial score (nSPS) is 14.8. The lowest BCUT2D eigenvalue weighted by Crippen LogP contribution is -2.15. The molecule has 1 unspecified atom stereocenters. The standard InChI is InChI=1S/C12H21NO/c1-8(2)9(3)11-10(7-13-14-11)12(4,5)6/h7-9H,1-6H3. The maximum atomic E-state index is 5.36. The summed E-state index contributed by atoms with van der Waals surface area (Å²) in [4.78, 5) is 0. The summed E-state index contributed by atoms with van der Waals surface area (Å²) < 4.78 is 5.36. The van der Waals surface area contributed by atoms with Crippen LogP contribution in [-0.2, 0) is 5.41 Å². The van der Waals surface area contributed by atoms with Crippen molar-refractivity contribution in [3.63, 3.8) is 0 Å². The summed E-state index contributed by atoms with van der Waals surface area (Å²) >= 11 is 0. The molecule has 0 aromatic carbocycles. The molecule has 0 aliphatic heterocycles. The van der Waals surface area contributed by atoms with Crippen LogP contribution in [0.5, 0.6) is 0 Å². The van der Waals surface area contributed by atoms with Crippen LogP contribution in [0, 0.1) is 5.92 Å². The summed E-state index contributed by atoms with van der Waals surface area (Å²) in [6.07, 6.45) is 1.86.